The molecule has 0 saturated carbocycles. The summed E-state index contributed by atoms with van der Waals surface area (Å²) in [6.45, 7) is 4.46. The van der Waals surface area contributed by atoms with Crippen molar-refractivity contribution in [2.75, 3.05) is 38.9 Å². The van der Waals surface area contributed by atoms with Crippen molar-refractivity contribution in [2.24, 2.45) is 0 Å². The molecule has 0 bridgehead atoms. The van der Waals surface area contributed by atoms with Gasteiger partial charge in [-0.05, 0) is 26.7 Å². The molecule has 0 radical (unpaired) electrons. The Kier molecular flexibility index (Phi) is 9.85. The van der Waals surface area contributed by atoms with Gasteiger partial charge in [0.2, 0.25) is 0 Å². The van der Waals surface area contributed by atoms with Crippen LogP contribution in [0.25, 0.3) is 0 Å². The van der Waals surface area contributed by atoms with Gasteiger partial charge in [-0.3, -0.25) is 9.59 Å². The number of carbonyl (C=O) groups excluding carboxylic acids is 2. The van der Waals surface area contributed by atoms with E-state index < -0.39 is 7.26 Å². The van der Waals surface area contributed by atoms with Crippen molar-refractivity contribution in [1.82, 2.24) is 0 Å². The van der Waals surface area contributed by atoms with Crippen LogP contribution in [0.2, 0.25) is 0 Å². The van der Waals surface area contributed by atoms with Gasteiger partial charge in [-0.25, -0.2) is 0 Å². The summed E-state index contributed by atoms with van der Waals surface area (Å²) in [5.41, 5.74) is 0. The molecule has 112 valence electrons. The van der Waals surface area contributed by atoms with E-state index in [1.807, 2.05) is 0 Å². The van der Waals surface area contributed by atoms with E-state index in [4.69, 9.17) is 0 Å². The van der Waals surface area contributed by atoms with Crippen molar-refractivity contribution in [3.05, 3.63) is 0 Å². The third kappa shape index (κ3) is 7.51. The fourth-order valence-electron chi connectivity index (χ4n) is 2.29. The number of hydrogen-bond donors (Lipinski definition) is 0. The van der Waals surface area contributed by atoms with Crippen molar-refractivity contribution in [2.45, 2.75) is 39.5 Å². The zero-order valence-electron chi connectivity index (χ0n) is 12.7. The Labute approximate surface area is 117 Å². The van der Waals surface area contributed by atoms with Gasteiger partial charge >= 0.3 is 11.9 Å². The van der Waals surface area contributed by atoms with E-state index in [2.05, 4.69) is 23.3 Å². The Morgan fingerprint density at radius 2 is 1.21 bits per heavy atom. The zero-order valence-corrected chi connectivity index (χ0v) is 13.6. The standard InChI is InChI=1S/C14H28O4P/c1-5-19(6-2,11-7-9-13(15)17-3)12-8-10-14(16)18-4/h5-12H2,1-4H3/q+1. The highest BCUT2D eigenvalue weighted by Crippen LogP contribution is 2.59. The molecular formula is C14H28O4P+. The molecule has 0 aromatic heterocycles. The predicted octanol–water partition coefficient (Wildman–Crippen LogP) is 2.95. The second-order valence-corrected chi connectivity index (χ2v) is 9.62. The van der Waals surface area contributed by atoms with Crippen LogP contribution in [-0.4, -0.2) is 50.8 Å². The molecule has 5 heteroatoms. The molecule has 0 aromatic carbocycles. The van der Waals surface area contributed by atoms with Crippen molar-refractivity contribution in [3.8, 4) is 0 Å². The molecule has 0 aliphatic heterocycles. The van der Waals surface area contributed by atoms with Gasteiger partial charge in [0.1, 0.15) is 0 Å². The molecule has 0 heterocycles. The molecule has 0 amide bonds. The first-order chi connectivity index (χ1) is 9.03. The molecule has 0 N–H and O–H groups in total. The predicted molar refractivity (Wildman–Crippen MR) is 80.2 cm³/mol. The molecule has 0 saturated heterocycles. The summed E-state index contributed by atoms with van der Waals surface area (Å²) < 4.78 is 9.34. The van der Waals surface area contributed by atoms with Crippen LogP contribution in [0.1, 0.15) is 39.5 Å². The number of esters is 2. The Balaban J connectivity index is 4.17. The summed E-state index contributed by atoms with van der Waals surface area (Å²) >= 11 is 0. The van der Waals surface area contributed by atoms with Gasteiger partial charge < -0.3 is 9.47 Å². The lowest BCUT2D eigenvalue weighted by atomic mass is 10.3. The largest absolute Gasteiger partial charge is 0.469 e. The van der Waals surface area contributed by atoms with Crippen LogP contribution in [0.15, 0.2) is 0 Å². The molecule has 0 rings (SSSR count). The summed E-state index contributed by atoms with van der Waals surface area (Å²) in [6.07, 6.45) is 7.44. The van der Waals surface area contributed by atoms with Crippen LogP contribution < -0.4 is 0 Å². The van der Waals surface area contributed by atoms with Gasteiger partial charge in [0.25, 0.3) is 0 Å². The second kappa shape index (κ2) is 10.2. The van der Waals surface area contributed by atoms with Crippen molar-refractivity contribution in [1.29, 1.82) is 0 Å². The Hall–Kier alpha value is -0.630. The van der Waals surface area contributed by atoms with Crippen LogP contribution in [-0.2, 0) is 19.1 Å². The Morgan fingerprint density at radius 1 is 0.842 bits per heavy atom. The normalized spacial score (nSPS) is 11.2. The number of hydrogen-bond acceptors (Lipinski definition) is 4. The van der Waals surface area contributed by atoms with E-state index in [1.165, 1.54) is 26.5 Å². The summed E-state index contributed by atoms with van der Waals surface area (Å²) in [7, 11) is 1.86. The first-order valence-corrected chi connectivity index (χ1v) is 9.55. The molecule has 0 unspecified atom stereocenters. The average molecular weight is 291 g/mol. The van der Waals surface area contributed by atoms with E-state index in [0.717, 1.165) is 25.2 Å². The van der Waals surface area contributed by atoms with Crippen molar-refractivity contribution < 1.29 is 19.1 Å². The van der Waals surface area contributed by atoms with Crippen LogP contribution in [0.4, 0.5) is 0 Å². The summed E-state index contributed by atoms with van der Waals surface area (Å²) in [5.74, 6) is -0.250. The molecule has 4 nitrogen and oxygen atoms in total. The Bertz CT molecular complexity index is 251. The second-order valence-electron chi connectivity index (χ2n) is 4.78. The van der Waals surface area contributed by atoms with E-state index in [-0.39, 0.29) is 11.9 Å². The van der Waals surface area contributed by atoms with E-state index in [9.17, 15) is 9.59 Å². The molecular weight excluding hydrogens is 263 g/mol. The fraction of sp³-hybridized carbons (Fsp3) is 0.857. The van der Waals surface area contributed by atoms with Crippen molar-refractivity contribution >= 4 is 19.2 Å². The fourth-order valence-corrected chi connectivity index (χ4v) is 5.88. The maximum absolute atomic E-state index is 11.1. The maximum Gasteiger partial charge on any atom is 0.305 e. The lowest BCUT2D eigenvalue weighted by Crippen LogP contribution is -2.12. The van der Waals surface area contributed by atoms with E-state index in [0.29, 0.717) is 12.8 Å². The van der Waals surface area contributed by atoms with Gasteiger partial charge in [-0.1, -0.05) is 0 Å². The number of ether oxygens (including phenoxy) is 2. The molecule has 0 spiro atoms. The molecule has 19 heavy (non-hydrogen) atoms. The summed E-state index contributed by atoms with van der Waals surface area (Å²) in [6, 6.07) is 0. The monoisotopic (exact) mass is 291 g/mol. The van der Waals surface area contributed by atoms with Crippen LogP contribution in [0.5, 0.6) is 0 Å². The zero-order chi connectivity index (χ0) is 14.7. The lowest BCUT2D eigenvalue weighted by Gasteiger charge is -2.25. The lowest BCUT2D eigenvalue weighted by molar-refractivity contribution is -0.141. The third-order valence-corrected chi connectivity index (χ3v) is 9.04. The molecule has 0 fully saturated rings. The molecule has 0 atom stereocenters. The van der Waals surface area contributed by atoms with Crippen LogP contribution >= 0.6 is 7.26 Å². The van der Waals surface area contributed by atoms with Gasteiger partial charge in [0, 0.05) is 20.1 Å². The van der Waals surface area contributed by atoms with Gasteiger partial charge in [-0.2, -0.15) is 0 Å². The number of carbonyl (C=O) groups is 2. The minimum absolute atomic E-state index is 0.125. The minimum atomic E-state index is -1.01. The van der Waals surface area contributed by atoms with Crippen LogP contribution in [0.3, 0.4) is 0 Å². The average Bonchev–Trinajstić information content (AvgIpc) is 2.45. The van der Waals surface area contributed by atoms with Crippen molar-refractivity contribution in [3.63, 3.8) is 0 Å². The first-order valence-electron chi connectivity index (χ1n) is 7.02. The quantitative estimate of drug-likeness (QED) is 0.459. The van der Waals surface area contributed by atoms with Gasteiger partial charge in [0.05, 0.1) is 38.9 Å². The SMILES string of the molecule is CC[P+](CC)(CCCC(=O)OC)CCCC(=O)OC. The highest BCUT2D eigenvalue weighted by Gasteiger charge is 2.32. The highest BCUT2D eigenvalue weighted by molar-refractivity contribution is 7.75. The van der Waals surface area contributed by atoms with Gasteiger partial charge in [-0.15, -0.1) is 0 Å². The maximum atomic E-state index is 11.1. The van der Waals surface area contributed by atoms with E-state index in [1.54, 1.807) is 0 Å². The topological polar surface area (TPSA) is 52.6 Å². The minimum Gasteiger partial charge on any atom is -0.469 e. The molecule has 0 aromatic rings. The number of rotatable bonds is 10. The summed E-state index contributed by atoms with van der Waals surface area (Å²) in [5, 5.41) is 0. The van der Waals surface area contributed by atoms with Crippen LogP contribution in [0, 0.1) is 0 Å². The smallest absolute Gasteiger partial charge is 0.305 e. The molecule has 0 aliphatic carbocycles. The number of methoxy groups -OCH3 is 2. The van der Waals surface area contributed by atoms with E-state index >= 15 is 0 Å². The Morgan fingerprint density at radius 3 is 1.47 bits per heavy atom. The first kappa shape index (κ1) is 18.4. The molecule has 0 aliphatic rings. The van der Waals surface area contributed by atoms with Gasteiger partial charge in [0.15, 0.2) is 0 Å². The third-order valence-electron chi connectivity index (χ3n) is 3.82. The highest BCUT2D eigenvalue weighted by atomic mass is 31.2. The summed E-state index contributed by atoms with van der Waals surface area (Å²) in [4.78, 5) is 22.3.